The molecule has 0 unspecified atom stereocenters. The summed E-state index contributed by atoms with van der Waals surface area (Å²) < 4.78 is 60.6. The van der Waals surface area contributed by atoms with Crippen molar-refractivity contribution in [1.29, 1.82) is 5.26 Å². The molecule has 0 saturated carbocycles. The number of fused-ring (bicyclic) bond motifs is 3. The Labute approximate surface area is 359 Å². The number of halogens is 3. The molecule has 324 valence electrons. The van der Waals surface area contributed by atoms with Gasteiger partial charge in [0.15, 0.2) is 5.82 Å². The highest BCUT2D eigenvalue weighted by molar-refractivity contribution is 6.90. The summed E-state index contributed by atoms with van der Waals surface area (Å²) in [6.07, 6.45) is 0.605. The van der Waals surface area contributed by atoms with Crippen molar-refractivity contribution in [2.45, 2.75) is 128 Å². The second kappa shape index (κ2) is 17.1. The van der Waals surface area contributed by atoms with E-state index in [9.17, 15) is 14.4 Å². The van der Waals surface area contributed by atoms with Crippen molar-refractivity contribution in [2.75, 3.05) is 44.2 Å². The molecule has 3 atom stereocenters. The zero-order chi connectivity index (χ0) is 44.0. The van der Waals surface area contributed by atoms with Gasteiger partial charge in [-0.25, -0.2) is 18.0 Å². The van der Waals surface area contributed by atoms with Crippen LogP contribution in [0.4, 0.5) is 23.8 Å². The number of ether oxygens (including phenoxy) is 2. The smallest absolute Gasteiger partial charge is 0.410 e. The number of nitriles is 1. The number of carbonyl (C=O) groups excluding carboxylic acids is 1. The largest absolute Gasteiger partial charge is 0.461 e. The van der Waals surface area contributed by atoms with E-state index in [2.05, 4.69) is 64.0 Å². The lowest BCUT2D eigenvalue weighted by molar-refractivity contribution is 0.0145. The van der Waals surface area contributed by atoms with Crippen LogP contribution >= 0.6 is 0 Å². The first-order chi connectivity index (χ1) is 28.9. The number of anilines is 1. The first-order valence-electron chi connectivity index (χ1n) is 21.8. The summed E-state index contributed by atoms with van der Waals surface area (Å²) in [5.74, 6) is 2.63. The molecule has 0 aliphatic carbocycles. The van der Waals surface area contributed by atoms with E-state index < -0.39 is 49.2 Å². The first-order valence-corrected chi connectivity index (χ1v) is 24.0. The predicted molar refractivity (Wildman–Crippen MR) is 238 cm³/mol. The van der Waals surface area contributed by atoms with Crippen LogP contribution in [0.25, 0.3) is 32.8 Å². The molecule has 3 aromatic carbocycles. The highest BCUT2D eigenvalue weighted by atomic mass is 28.3. The number of hydrogen-bond acceptors (Lipinski definition) is 8. The molecule has 3 aliphatic heterocycles. The van der Waals surface area contributed by atoms with Crippen LogP contribution in [0.1, 0.15) is 93.6 Å². The van der Waals surface area contributed by atoms with Crippen molar-refractivity contribution >= 4 is 41.7 Å². The van der Waals surface area contributed by atoms with E-state index >= 15 is 8.78 Å². The fraction of sp³-hybridized carbons (Fsp3) is 0.542. The number of aromatic nitrogens is 2. The van der Waals surface area contributed by atoms with Crippen LogP contribution in [-0.2, 0) is 4.74 Å². The number of benzene rings is 3. The van der Waals surface area contributed by atoms with Crippen molar-refractivity contribution in [3.05, 3.63) is 59.7 Å². The summed E-state index contributed by atoms with van der Waals surface area (Å²) in [5.41, 5.74) is 4.40. The average molecular weight is 853 g/mol. The zero-order valence-electron chi connectivity index (χ0n) is 37.0. The molecule has 1 amide bonds. The van der Waals surface area contributed by atoms with Gasteiger partial charge >= 0.3 is 12.1 Å². The van der Waals surface area contributed by atoms with Gasteiger partial charge in [0.1, 0.15) is 43.6 Å². The van der Waals surface area contributed by atoms with Gasteiger partial charge in [-0.05, 0) is 79.9 Å². The molecular formula is C48H59F3N6O3Si. The fourth-order valence-corrected chi connectivity index (χ4v) is 15.7. The van der Waals surface area contributed by atoms with Crippen molar-refractivity contribution in [2.24, 2.45) is 0 Å². The van der Waals surface area contributed by atoms with Gasteiger partial charge in [0.2, 0.25) is 0 Å². The molecule has 1 aromatic heterocycles. The summed E-state index contributed by atoms with van der Waals surface area (Å²) in [6, 6.07) is 13.7. The SMILES string of the molecule is CC(C)[Si](C#Cc1c(F)ccc2cccc(-c3ccc4c(N5CCN(C(=O)OC(C)(C)C)[C@@H](CC#N)C5)nc(OC[C@@]56CCCN5C[C@H](F)C6)nc4c3F)c12)(C(C)C)C(C)C. The Bertz CT molecular complexity index is 2400. The molecule has 61 heavy (non-hydrogen) atoms. The quantitative estimate of drug-likeness (QED) is 0.121. The van der Waals surface area contributed by atoms with E-state index in [1.807, 2.05) is 17.0 Å². The summed E-state index contributed by atoms with van der Waals surface area (Å²) in [6.45, 7) is 20.7. The van der Waals surface area contributed by atoms with Crippen molar-refractivity contribution in [1.82, 2.24) is 19.8 Å². The summed E-state index contributed by atoms with van der Waals surface area (Å²) in [5, 5.41) is 11.5. The van der Waals surface area contributed by atoms with E-state index in [-0.39, 0.29) is 48.8 Å². The Morgan fingerprint density at radius 1 is 0.967 bits per heavy atom. The van der Waals surface area contributed by atoms with Crippen molar-refractivity contribution in [3.63, 3.8) is 0 Å². The van der Waals surface area contributed by atoms with Crippen LogP contribution in [0.3, 0.4) is 0 Å². The average Bonchev–Trinajstić information content (AvgIpc) is 3.72. The Balaban J connectivity index is 1.36. The third-order valence-corrected chi connectivity index (χ3v) is 19.6. The monoisotopic (exact) mass is 852 g/mol. The normalized spacial score (nSPS) is 21.0. The summed E-state index contributed by atoms with van der Waals surface area (Å²) >= 11 is 0. The Morgan fingerprint density at radius 2 is 1.70 bits per heavy atom. The third kappa shape index (κ3) is 8.40. The summed E-state index contributed by atoms with van der Waals surface area (Å²) in [7, 11) is -2.26. The van der Waals surface area contributed by atoms with Gasteiger partial charge in [-0.2, -0.15) is 15.2 Å². The van der Waals surface area contributed by atoms with Gasteiger partial charge in [0.05, 0.1) is 29.6 Å². The molecule has 0 spiro atoms. The molecule has 3 saturated heterocycles. The van der Waals surface area contributed by atoms with Crippen LogP contribution in [0, 0.1) is 34.4 Å². The fourth-order valence-electron chi connectivity index (χ4n) is 10.5. The summed E-state index contributed by atoms with van der Waals surface area (Å²) in [4.78, 5) is 28.5. The molecule has 4 aromatic rings. The molecule has 9 nitrogen and oxygen atoms in total. The van der Waals surface area contributed by atoms with Crippen LogP contribution in [0.15, 0.2) is 42.5 Å². The first kappa shape index (κ1) is 44.2. The van der Waals surface area contributed by atoms with Crippen LogP contribution in [0.5, 0.6) is 6.01 Å². The molecule has 0 bridgehead atoms. The maximum Gasteiger partial charge on any atom is 0.410 e. The van der Waals surface area contributed by atoms with Crippen LogP contribution < -0.4 is 9.64 Å². The molecule has 7 rings (SSSR count). The highest BCUT2D eigenvalue weighted by Gasteiger charge is 2.49. The minimum Gasteiger partial charge on any atom is -0.461 e. The molecule has 0 N–H and O–H groups in total. The van der Waals surface area contributed by atoms with Gasteiger partial charge in [0.25, 0.3) is 0 Å². The number of amides is 1. The number of rotatable bonds is 9. The second-order valence-corrected chi connectivity index (χ2v) is 24.7. The molecule has 0 radical (unpaired) electrons. The number of nitrogens with zero attached hydrogens (tertiary/aromatic N) is 6. The van der Waals surface area contributed by atoms with Crippen molar-refractivity contribution < 1.29 is 27.4 Å². The minimum atomic E-state index is -2.26. The number of piperazine rings is 1. The Hall–Kier alpha value is -4.85. The van der Waals surface area contributed by atoms with E-state index in [0.29, 0.717) is 58.3 Å². The lowest BCUT2D eigenvalue weighted by Gasteiger charge is -2.41. The van der Waals surface area contributed by atoms with E-state index in [4.69, 9.17) is 19.4 Å². The predicted octanol–water partition coefficient (Wildman–Crippen LogP) is 10.6. The van der Waals surface area contributed by atoms with Crippen molar-refractivity contribution in [3.8, 4) is 34.7 Å². The van der Waals surface area contributed by atoms with E-state index in [0.717, 1.165) is 24.8 Å². The lowest BCUT2D eigenvalue weighted by atomic mass is 9.93. The molecule has 3 fully saturated rings. The Kier molecular flexibility index (Phi) is 12.4. The van der Waals surface area contributed by atoms with E-state index in [1.165, 1.54) is 6.07 Å². The molecule has 3 aliphatic rings. The van der Waals surface area contributed by atoms with Gasteiger partial charge in [0, 0.05) is 48.9 Å². The number of hydrogen-bond donors (Lipinski definition) is 0. The Morgan fingerprint density at radius 3 is 2.39 bits per heavy atom. The topological polar surface area (TPSA) is 94.8 Å². The standard InChI is InChI=1S/C48H59F3N6O3Si/c1-30(2)61(31(3)4,32(5)6)25-19-38-40(50)17-14-33-12-10-13-36(41(33)38)37-15-16-39-43(42(37)51)53-45(59-29-48-20-11-22-56(48)27-34(49)26-48)54-44(39)55-23-24-57(35(28-55)18-21-52)46(58)60-47(7,8)9/h10,12-17,30-32,34-35H,11,18,20,22-24,26-29H2,1-9H3/t34-,35+,48+/m1/s1. The number of carbonyl (C=O) groups is 1. The molecular weight excluding hydrogens is 794 g/mol. The maximum absolute atomic E-state index is 17.6. The van der Waals surface area contributed by atoms with E-state index in [1.54, 1.807) is 49.9 Å². The number of alkyl halides is 1. The lowest BCUT2D eigenvalue weighted by Crippen LogP contribution is -2.56. The minimum absolute atomic E-state index is 0.00589. The van der Waals surface area contributed by atoms with Gasteiger partial charge in [-0.1, -0.05) is 77.8 Å². The second-order valence-electron chi connectivity index (χ2n) is 19.1. The zero-order valence-corrected chi connectivity index (χ0v) is 38.0. The van der Waals surface area contributed by atoms with Crippen LogP contribution in [-0.4, -0.2) is 96.6 Å². The van der Waals surface area contributed by atoms with Gasteiger partial charge in [-0.3, -0.25) is 4.90 Å². The molecule has 13 heteroatoms. The van der Waals surface area contributed by atoms with Gasteiger partial charge < -0.3 is 19.3 Å². The van der Waals surface area contributed by atoms with Crippen LogP contribution in [0.2, 0.25) is 16.6 Å². The van der Waals surface area contributed by atoms with Gasteiger partial charge in [-0.15, -0.1) is 5.54 Å². The maximum atomic E-state index is 17.6. The third-order valence-electron chi connectivity index (χ3n) is 13.3. The highest BCUT2D eigenvalue weighted by Crippen LogP contribution is 2.43. The molecule has 4 heterocycles.